The van der Waals surface area contributed by atoms with E-state index < -0.39 is 6.29 Å². The van der Waals surface area contributed by atoms with Crippen molar-refractivity contribution < 1.29 is 14.9 Å². The van der Waals surface area contributed by atoms with Crippen LogP contribution in [-0.2, 0) is 4.74 Å². The van der Waals surface area contributed by atoms with Crippen molar-refractivity contribution in [3.8, 4) is 0 Å². The number of hydrogen-bond acceptors (Lipinski definition) is 3. The highest BCUT2D eigenvalue weighted by Gasteiger charge is 2.42. The zero-order chi connectivity index (χ0) is 15.3. The van der Waals surface area contributed by atoms with E-state index in [9.17, 15) is 0 Å². The predicted octanol–water partition coefficient (Wildman–Crippen LogP) is 4.55. The lowest BCUT2D eigenvalue weighted by molar-refractivity contribution is -0.0582. The van der Waals surface area contributed by atoms with Crippen LogP contribution < -0.4 is 0 Å². The fourth-order valence-electron chi connectivity index (χ4n) is 3.01. The van der Waals surface area contributed by atoms with E-state index in [1.165, 1.54) is 77.0 Å². The summed E-state index contributed by atoms with van der Waals surface area (Å²) in [6.07, 6.45) is 17.3. The molecule has 1 saturated heterocycles. The highest BCUT2D eigenvalue weighted by atomic mass is 16.6. The molecule has 1 heterocycles. The number of aliphatic hydroxyl groups excluding tert-OH is 1. The summed E-state index contributed by atoms with van der Waals surface area (Å²) in [7, 11) is 0. The van der Waals surface area contributed by atoms with Gasteiger partial charge in [-0.15, -0.1) is 0 Å². The number of unbranched alkanes of at least 4 members (excludes halogenated alkanes) is 12. The van der Waals surface area contributed by atoms with Crippen LogP contribution in [-0.4, -0.2) is 28.7 Å². The van der Waals surface area contributed by atoms with Crippen LogP contribution in [0.3, 0.4) is 0 Å². The second kappa shape index (κ2) is 12.4. The van der Waals surface area contributed by atoms with Gasteiger partial charge in [0.2, 0.25) is 0 Å². The number of epoxide rings is 1. The molecule has 126 valence electrons. The molecule has 0 amide bonds. The zero-order valence-corrected chi connectivity index (χ0v) is 13.9. The lowest BCUT2D eigenvalue weighted by Gasteiger charge is -2.03. The first kappa shape index (κ1) is 18.9. The first-order valence-electron chi connectivity index (χ1n) is 9.27. The summed E-state index contributed by atoms with van der Waals surface area (Å²) in [6, 6.07) is 0. The molecule has 0 unspecified atom stereocenters. The Bertz CT molecular complexity index is 231. The Hall–Kier alpha value is -0.120. The Labute approximate surface area is 131 Å². The number of ether oxygens (including phenoxy) is 1. The molecule has 0 saturated carbocycles. The molecule has 0 aromatic rings. The zero-order valence-electron chi connectivity index (χ0n) is 13.9. The van der Waals surface area contributed by atoms with E-state index in [2.05, 4.69) is 6.92 Å². The van der Waals surface area contributed by atoms with E-state index in [0.717, 1.165) is 12.8 Å². The lowest BCUT2D eigenvalue weighted by Crippen LogP contribution is -2.15. The maximum atomic E-state index is 8.90. The predicted molar refractivity (Wildman–Crippen MR) is 87.2 cm³/mol. The SMILES string of the molecule is CCCCCCCCCCCCCCC[C@H]1O[C@H]1C(O)O. The van der Waals surface area contributed by atoms with Crippen LogP contribution in [0.1, 0.15) is 96.8 Å². The second-order valence-electron chi connectivity index (χ2n) is 6.58. The molecule has 1 aliphatic rings. The Kier molecular flexibility index (Phi) is 11.2. The smallest absolute Gasteiger partial charge is 0.181 e. The van der Waals surface area contributed by atoms with Gasteiger partial charge >= 0.3 is 0 Å². The third-order valence-corrected chi connectivity index (χ3v) is 4.51. The highest BCUT2D eigenvalue weighted by molar-refractivity contribution is 4.85. The van der Waals surface area contributed by atoms with Crippen molar-refractivity contribution >= 4 is 0 Å². The average molecular weight is 300 g/mol. The Morgan fingerprint density at radius 2 is 1.14 bits per heavy atom. The minimum Gasteiger partial charge on any atom is -0.366 e. The molecule has 1 fully saturated rings. The summed E-state index contributed by atoms with van der Waals surface area (Å²) in [5.74, 6) is 0. The fourth-order valence-corrected chi connectivity index (χ4v) is 3.01. The highest BCUT2D eigenvalue weighted by Crippen LogP contribution is 2.29. The molecule has 2 atom stereocenters. The van der Waals surface area contributed by atoms with E-state index in [1.54, 1.807) is 0 Å². The summed E-state index contributed by atoms with van der Waals surface area (Å²) >= 11 is 0. The van der Waals surface area contributed by atoms with Gasteiger partial charge in [-0.2, -0.15) is 0 Å². The van der Waals surface area contributed by atoms with E-state index in [4.69, 9.17) is 14.9 Å². The van der Waals surface area contributed by atoms with Gasteiger partial charge in [0.05, 0.1) is 6.10 Å². The fraction of sp³-hybridized carbons (Fsp3) is 1.00. The molecule has 0 aromatic heterocycles. The monoisotopic (exact) mass is 300 g/mol. The number of rotatable bonds is 15. The van der Waals surface area contributed by atoms with Crippen molar-refractivity contribution in [3.63, 3.8) is 0 Å². The van der Waals surface area contributed by atoms with Gasteiger partial charge in [-0.25, -0.2) is 0 Å². The molecule has 0 spiro atoms. The van der Waals surface area contributed by atoms with Gasteiger partial charge in [-0.05, 0) is 6.42 Å². The van der Waals surface area contributed by atoms with Gasteiger partial charge in [0.1, 0.15) is 6.10 Å². The van der Waals surface area contributed by atoms with Crippen molar-refractivity contribution in [1.29, 1.82) is 0 Å². The normalized spacial score (nSPS) is 21.1. The van der Waals surface area contributed by atoms with Crippen molar-refractivity contribution in [2.24, 2.45) is 0 Å². The van der Waals surface area contributed by atoms with Crippen molar-refractivity contribution in [2.75, 3.05) is 0 Å². The van der Waals surface area contributed by atoms with Crippen LogP contribution in [0.25, 0.3) is 0 Å². The molecule has 3 nitrogen and oxygen atoms in total. The van der Waals surface area contributed by atoms with Gasteiger partial charge < -0.3 is 14.9 Å². The topological polar surface area (TPSA) is 53.0 Å². The molecular formula is C18H36O3. The van der Waals surface area contributed by atoms with Gasteiger partial charge in [0, 0.05) is 0 Å². The Morgan fingerprint density at radius 3 is 1.52 bits per heavy atom. The summed E-state index contributed by atoms with van der Waals surface area (Å²) < 4.78 is 5.19. The summed E-state index contributed by atoms with van der Waals surface area (Å²) in [5, 5.41) is 17.8. The van der Waals surface area contributed by atoms with Crippen molar-refractivity contribution in [1.82, 2.24) is 0 Å². The maximum absolute atomic E-state index is 8.90. The van der Waals surface area contributed by atoms with E-state index in [1.807, 2.05) is 0 Å². The van der Waals surface area contributed by atoms with Crippen molar-refractivity contribution in [3.05, 3.63) is 0 Å². The number of hydrogen-bond donors (Lipinski definition) is 2. The van der Waals surface area contributed by atoms with Crippen molar-refractivity contribution in [2.45, 2.75) is 115 Å². The van der Waals surface area contributed by atoms with Gasteiger partial charge in [0.25, 0.3) is 0 Å². The van der Waals surface area contributed by atoms with E-state index >= 15 is 0 Å². The van der Waals surface area contributed by atoms with Crippen LogP contribution in [0.5, 0.6) is 0 Å². The standard InChI is InChI=1S/C18H36O3/c1-2-3-4-5-6-7-8-9-10-11-12-13-14-15-16-17(21-16)18(19)20/h16-20H,2-15H2,1H3/t16-,17-/m1/s1. The molecule has 3 heteroatoms. The van der Waals surface area contributed by atoms with E-state index in [-0.39, 0.29) is 12.2 Å². The molecule has 1 rings (SSSR count). The first-order valence-corrected chi connectivity index (χ1v) is 9.27. The van der Waals surface area contributed by atoms with Crippen LogP contribution >= 0.6 is 0 Å². The summed E-state index contributed by atoms with van der Waals surface area (Å²) in [4.78, 5) is 0. The molecule has 0 aliphatic carbocycles. The Balaban J connectivity index is 1.68. The third kappa shape index (κ3) is 10.3. The number of aliphatic hydroxyl groups is 2. The van der Waals surface area contributed by atoms with Crippen LogP contribution in [0.15, 0.2) is 0 Å². The molecule has 2 N–H and O–H groups in total. The Morgan fingerprint density at radius 1 is 0.714 bits per heavy atom. The van der Waals surface area contributed by atoms with Crippen LogP contribution in [0, 0.1) is 0 Å². The lowest BCUT2D eigenvalue weighted by atomic mass is 10.0. The molecule has 1 aliphatic heterocycles. The second-order valence-corrected chi connectivity index (χ2v) is 6.58. The average Bonchev–Trinajstić information content (AvgIpc) is 3.24. The molecule has 0 radical (unpaired) electrons. The quantitative estimate of drug-likeness (QED) is 0.265. The van der Waals surface area contributed by atoms with Gasteiger partial charge in [-0.1, -0.05) is 90.4 Å². The molecular weight excluding hydrogens is 264 g/mol. The van der Waals surface area contributed by atoms with Gasteiger partial charge in [0.15, 0.2) is 6.29 Å². The first-order chi connectivity index (χ1) is 10.3. The maximum Gasteiger partial charge on any atom is 0.181 e. The minimum atomic E-state index is -1.28. The minimum absolute atomic E-state index is 0.109. The van der Waals surface area contributed by atoms with Crippen LogP contribution in [0.2, 0.25) is 0 Å². The summed E-state index contributed by atoms with van der Waals surface area (Å²) in [5.41, 5.74) is 0. The molecule has 0 aromatic carbocycles. The largest absolute Gasteiger partial charge is 0.366 e. The molecule has 0 bridgehead atoms. The van der Waals surface area contributed by atoms with E-state index in [0.29, 0.717) is 0 Å². The van der Waals surface area contributed by atoms with Gasteiger partial charge in [-0.3, -0.25) is 0 Å². The third-order valence-electron chi connectivity index (χ3n) is 4.51. The van der Waals surface area contributed by atoms with Crippen LogP contribution in [0.4, 0.5) is 0 Å². The summed E-state index contributed by atoms with van der Waals surface area (Å²) in [6.45, 7) is 2.27. The molecule has 21 heavy (non-hydrogen) atoms.